The number of halogens is 1. The van der Waals surface area contributed by atoms with Gasteiger partial charge in [0.25, 0.3) is 6.01 Å². The molecule has 1 fully saturated rings. The highest BCUT2D eigenvalue weighted by molar-refractivity contribution is 5.78. The zero-order valence-electron chi connectivity index (χ0n) is 10.5. The standard InChI is InChI=1S/C14H15FN2O2/c15-10-7-4-8-11-12(10)13(18)19-14(17-11)16-9-5-2-1-3-6-9/h4,7-9H,1-3,5-6H2,(H,16,17). The highest BCUT2D eigenvalue weighted by Gasteiger charge is 2.16. The molecule has 1 aliphatic rings. The van der Waals surface area contributed by atoms with E-state index in [2.05, 4.69) is 10.3 Å². The fraction of sp³-hybridized carbons (Fsp3) is 0.429. The van der Waals surface area contributed by atoms with Gasteiger partial charge in [0.05, 0.1) is 5.52 Å². The number of rotatable bonds is 2. The summed E-state index contributed by atoms with van der Waals surface area (Å²) in [5.41, 5.74) is -0.351. The first-order valence-electron chi connectivity index (χ1n) is 6.60. The largest absolute Gasteiger partial charge is 0.389 e. The fourth-order valence-corrected chi connectivity index (χ4v) is 2.56. The number of anilines is 1. The van der Waals surface area contributed by atoms with Crippen LogP contribution in [0.5, 0.6) is 0 Å². The van der Waals surface area contributed by atoms with Crippen molar-refractivity contribution in [2.24, 2.45) is 0 Å². The lowest BCUT2D eigenvalue weighted by molar-refractivity contribution is 0.438. The lowest BCUT2D eigenvalue weighted by Crippen LogP contribution is -2.23. The van der Waals surface area contributed by atoms with Gasteiger partial charge in [-0.25, -0.2) is 9.18 Å². The summed E-state index contributed by atoms with van der Waals surface area (Å²) >= 11 is 0. The van der Waals surface area contributed by atoms with E-state index in [1.54, 1.807) is 6.07 Å². The van der Waals surface area contributed by atoms with Crippen LogP contribution in [-0.2, 0) is 0 Å². The Bertz CT molecular complexity index is 647. The second-order valence-corrected chi connectivity index (χ2v) is 4.92. The van der Waals surface area contributed by atoms with E-state index < -0.39 is 11.4 Å². The van der Waals surface area contributed by atoms with Crippen LogP contribution in [-0.4, -0.2) is 11.0 Å². The van der Waals surface area contributed by atoms with Gasteiger partial charge < -0.3 is 9.73 Å². The Balaban J connectivity index is 1.94. The van der Waals surface area contributed by atoms with Crippen LogP contribution in [0, 0.1) is 5.82 Å². The summed E-state index contributed by atoms with van der Waals surface area (Å²) in [5.74, 6) is -0.594. The van der Waals surface area contributed by atoms with Crippen molar-refractivity contribution in [3.05, 3.63) is 34.4 Å². The van der Waals surface area contributed by atoms with Crippen molar-refractivity contribution in [1.82, 2.24) is 4.98 Å². The fourth-order valence-electron chi connectivity index (χ4n) is 2.56. The monoisotopic (exact) mass is 262 g/mol. The van der Waals surface area contributed by atoms with Crippen LogP contribution in [0.1, 0.15) is 32.1 Å². The topological polar surface area (TPSA) is 55.1 Å². The highest BCUT2D eigenvalue weighted by Crippen LogP contribution is 2.21. The van der Waals surface area contributed by atoms with Gasteiger partial charge >= 0.3 is 5.63 Å². The van der Waals surface area contributed by atoms with Crippen LogP contribution < -0.4 is 10.9 Å². The summed E-state index contributed by atoms with van der Waals surface area (Å²) < 4.78 is 18.6. The first-order valence-corrected chi connectivity index (χ1v) is 6.60. The summed E-state index contributed by atoms with van der Waals surface area (Å²) in [6.45, 7) is 0. The molecule has 1 N–H and O–H groups in total. The number of nitrogens with zero attached hydrogens (tertiary/aromatic N) is 1. The Morgan fingerprint density at radius 2 is 2.05 bits per heavy atom. The van der Waals surface area contributed by atoms with Gasteiger partial charge in [-0.05, 0) is 25.0 Å². The van der Waals surface area contributed by atoms with Crippen LogP contribution in [0.3, 0.4) is 0 Å². The number of benzene rings is 1. The van der Waals surface area contributed by atoms with Gasteiger partial charge in [-0.3, -0.25) is 0 Å². The van der Waals surface area contributed by atoms with Crippen molar-refractivity contribution < 1.29 is 8.81 Å². The van der Waals surface area contributed by atoms with Crippen molar-refractivity contribution in [3.8, 4) is 0 Å². The van der Waals surface area contributed by atoms with Crippen molar-refractivity contribution in [1.29, 1.82) is 0 Å². The van der Waals surface area contributed by atoms with Crippen LogP contribution in [0.4, 0.5) is 10.4 Å². The lowest BCUT2D eigenvalue weighted by Gasteiger charge is -2.22. The highest BCUT2D eigenvalue weighted by atomic mass is 19.1. The molecule has 1 saturated carbocycles. The molecule has 100 valence electrons. The third-order valence-corrected chi connectivity index (χ3v) is 3.54. The molecule has 19 heavy (non-hydrogen) atoms. The smallest absolute Gasteiger partial charge is 0.351 e. The van der Waals surface area contributed by atoms with E-state index in [0.29, 0.717) is 5.52 Å². The number of nitrogens with one attached hydrogen (secondary N) is 1. The van der Waals surface area contributed by atoms with E-state index in [1.165, 1.54) is 31.4 Å². The third-order valence-electron chi connectivity index (χ3n) is 3.54. The van der Waals surface area contributed by atoms with Gasteiger partial charge in [0, 0.05) is 6.04 Å². The van der Waals surface area contributed by atoms with Gasteiger partial charge in [0.1, 0.15) is 11.2 Å². The molecule has 0 aliphatic heterocycles. The quantitative estimate of drug-likeness (QED) is 0.903. The van der Waals surface area contributed by atoms with Gasteiger partial charge in [-0.15, -0.1) is 0 Å². The van der Waals surface area contributed by atoms with E-state index >= 15 is 0 Å². The van der Waals surface area contributed by atoms with Crippen LogP contribution in [0.2, 0.25) is 0 Å². The predicted octanol–water partition coefficient (Wildman–Crippen LogP) is 3.07. The zero-order chi connectivity index (χ0) is 13.2. The molecule has 0 amide bonds. The molecule has 1 heterocycles. The predicted molar refractivity (Wildman–Crippen MR) is 70.7 cm³/mol. The maximum atomic E-state index is 13.5. The van der Waals surface area contributed by atoms with Crippen molar-refractivity contribution in [2.75, 3.05) is 5.32 Å². The second-order valence-electron chi connectivity index (χ2n) is 4.92. The molecule has 4 nitrogen and oxygen atoms in total. The maximum absolute atomic E-state index is 13.5. The molecular formula is C14H15FN2O2. The first-order chi connectivity index (χ1) is 9.24. The Labute approximate surface area is 109 Å². The first kappa shape index (κ1) is 12.1. The molecule has 0 radical (unpaired) electrons. The van der Waals surface area contributed by atoms with Gasteiger partial charge in [0.2, 0.25) is 0 Å². The molecule has 0 bridgehead atoms. The molecule has 0 atom stereocenters. The van der Waals surface area contributed by atoms with Crippen LogP contribution >= 0.6 is 0 Å². The molecule has 0 saturated heterocycles. The average Bonchev–Trinajstić information content (AvgIpc) is 2.39. The minimum absolute atomic E-state index is 0.0864. The lowest BCUT2D eigenvalue weighted by atomic mass is 9.96. The Kier molecular flexibility index (Phi) is 3.19. The average molecular weight is 262 g/mol. The SMILES string of the molecule is O=c1oc(NC2CCCCC2)nc2cccc(F)c12. The molecule has 5 heteroatoms. The molecule has 0 unspecified atom stereocenters. The zero-order valence-corrected chi connectivity index (χ0v) is 10.5. The van der Waals surface area contributed by atoms with E-state index in [4.69, 9.17) is 4.42 Å². The van der Waals surface area contributed by atoms with Gasteiger partial charge in [0.15, 0.2) is 0 Å². The normalized spacial score (nSPS) is 16.7. The molecule has 0 spiro atoms. The number of hydrogen-bond acceptors (Lipinski definition) is 4. The molecule has 1 aliphatic carbocycles. The molecule has 2 aromatic rings. The van der Waals surface area contributed by atoms with E-state index in [9.17, 15) is 9.18 Å². The Morgan fingerprint density at radius 1 is 1.26 bits per heavy atom. The number of aromatic nitrogens is 1. The van der Waals surface area contributed by atoms with Crippen molar-refractivity contribution in [3.63, 3.8) is 0 Å². The molecular weight excluding hydrogens is 247 g/mol. The maximum Gasteiger partial charge on any atom is 0.351 e. The Morgan fingerprint density at radius 3 is 2.84 bits per heavy atom. The summed E-state index contributed by atoms with van der Waals surface area (Å²) in [4.78, 5) is 15.9. The third kappa shape index (κ3) is 2.45. The second kappa shape index (κ2) is 4.99. The minimum Gasteiger partial charge on any atom is -0.389 e. The minimum atomic E-state index is -0.679. The van der Waals surface area contributed by atoms with Crippen molar-refractivity contribution >= 4 is 16.9 Å². The number of hydrogen-bond donors (Lipinski definition) is 1. The summed E-state index contributed by atoms with van der Waals surface area (Å²) in [6, 6.07) is 4.86. The van der Waals surface area contributed by atoms with Crippen molar-refractivity contribution in [2.45, 2.75) is 38.1 Å². The Hall–Kier alpha value is -1.91. The molecule has 3 rings (SSSR count). The number of fused-ring (bicyclic) bond motifs is 1. The van der Waals surface area contributed by atoms with Gasteiger partial charge in [-0.1, -0.05) is 25.3 Å². The summed E-state index contributed by atoms with van der Waals surface area (Å²) in [6.07, 6.45) is 5.69. The summed E-state index contributed by atoms with van der Waals surface area (Å²) in [5, 5.41) is 3.05. The van der Waals surface area contributed by atoms with E-state index in [1.807, 2.05) is 0 Å². The van der Waals surface area contributed by atoms with Crippen LogP contribution in [0.25, 0.3) is 10.9 Å². The van der Waals surface area contributed by atoms with E-state index in [-0.39, 0.29) is 17.4 Å². The molecule has 1 aromatic carbocycles. The molecule has 1 aromatic heterocycles. The summed E-state index contributed by atoms with van der Waals surface area (Å²) in [7, 11) is 0. The van der Waals surface area contributed by atoms with E-state index in [0.717, 1.165) is 12.8 Å². The van der Waals surface area contributed by atoms with Crippen LogP contribution in [0.15, 0.2) is 27.4 Å². The van der Waals surface area contributed by atoms with Gasteiger partial charge in [-0.2, -0.15) is 4.98 Å².